The second-order valence-corrected chi connectivity index (χ2v) is 7.80. The molecule has 5 nitrogen and oxygen atoms in total. The van der Waals surface area contributed by atoms with Crippen molar-refractivity contribution in [2.24, 2.45) is 4.99 Å². The maximum atomic E-state index is 6.30. The topological polar surface area (TPSA) is 48.9 Å². The van der Waals surface area contributed by atoms with Crippen LogP contribution in [0.4, 0.5) is 0 Å². The van der Waals surface area contributed by atoms with Crippen LogP contribution in [0.3, 0.4) is 0 Å². The first kappa shape index (κ1) is 24.7. The van der Waals surface area contributed by atoms with Crippen molar-refractivity contribution in [1.82, 2.24) is 15.5 Å². The highest BCUT2D eigenvalue weighted by Gasteiger charge is 2.33. The number of halogens is 1. The quantitative estimate of drug-likeness (QED) is 0.222. The van der Waals surface area contributed by atoms with Gasteiger partial charge in [0.05, 0.1) is 12.1 Å². The van der Waals surface area contributed by atoms with Crippen molar-refractivity contribution in [1.29, 1.82) is 0 Å². The molecule has 0 amide bonds. The standard InChI is InChI=1S/C21H40N4O.HI/c1-4-14-25-15-10-19(11-16-25)24-20(22-6-3)23-18-21(26-17-5-2)12-8-7-9-13-21;/h4,19H,1,5-18H2,2-3H3,(H2,22,23,24);1H. The number of rotatable bonds is 9. The van der Waals surface area contributed by atoms with E-state index in [1.165, 1.54) is 19.3 Å². The van der Waals surface area contributed by atoms with Crippen molar-refractivity contribution in [3.63, 3.8) is 0 Å². The molecule has 2 fully saturated rings. The third kappa shape index (κ3) is 8.69. The minimum absolute atomic E-state index is 0. The number of hydrogen-bond donors (Lipinski definition) is 2. The van der Waals surface area contributed by atoms with Crippen LogP contribution in [0, 0.1) is 0 Å². The molecule has 0 atom stereocenters. The fourth-order valence-corrected chi connectivity index (χ4v) is 4.04. The highest BCUT2D eigenvalue weighted by atomic mass is 127. The molecule has 2 rings (SSSR count). The number of aliphatic imine (C=N–C) groups is 1. The maximum absolute atomic E-state index is 6.30. The summed E-state index contributed by atoms with van der Waals surface area (Å²) in [6.07, 6.45) is 11.6. The van der Waals surface area contributed by atoms with E-state index >= 15 is 0 Å². The minimum Gasteiger partial charge on any atom is -0.373 e. The lowest BCUT2D eigenvalue weighted by Crippen LogP contribution is -2.49. The van der Waals surface area contributed by atoms with Gasteiger partial charge in [-0.15, -0.1) is 30.6 Å². The van der Waals surface area contributed by atoms with E-state index in [1.807, 2.05) is 6.08 Å². The fraction of sp³-hybridized carbons (Fsp3) is 0.857. The number of ether oxygens (including phenoxy) is 1. The van der Waals surface area contributed by atoms with Crippen LogP contribution in [-0.2, 0) is 4.74 Å². The number of guanidine groups is 1. The molecule has 6 heteroatoms. The predicted molar refractivity (Wildman–Crippen MR) is 126 cm³/mol. The first-order chi connectivity index (χ1) is 12.7. The number of piperidine rings is 1. The number of likely N-dealkylation sites (tertiary alicyclic amines) is 1. The summed E-state index contributed by atoms with van der Waals surface area (Å²) in [6, 6.07) is 0.507. The van der Waals surface area contributed by atoms with Gasteiger partial charge in [-0.25, -0.2) is 0 Å². The van der Waals surface area contributed by atoms with Crippen molar-refractivity contribution < 1.29 is 4.74 Å². The molecule has 27 heavy (non-hydrogen) atoms. The van der Waals surface area contributed by atoms with Gasteiger partial charge in [-0.2, -0.15) is 0 Å². The third-order valence-corrected chi connectivity index (χ3v) is 5.56. The SMILES string of the molecule is C=CCN1CCC(NC(=NCC2(OCCC)CCCCC2)NCC)CC1.I. The molecular weight excluding hydrogens is 451 g/mol. The van der Waals surface area contributed by atoms with Gasteiger partial charge in [0.15, 0.2) is 5.96 Å². The van der Waals surface area contributed by atoms with Crippen molar-refractivity contribution >= 4 is 29.9 Å². The van der Waals surface area contributed by atoms with E-state index in [9.17, 15) is 0 Å². The molecule has 0 aromatic rings. The Labute approximate surface area is 183 Å². The Kier molecular flexibility index (Phi) is 12.6. The number of hydrogen-bond acceptors (Lipinski definition) is 3. The number of nitrogens with one attached hydrogen (secondary N) is 2. The molecule has 1 saturated carbocycles. The second-order valence-electron chi connectivity index (χ2n) is 7.80. The summed E-state index contributed by atoms with van der Waals surface area (Å²) in [7, 11) is 0. The summed E-state index contributed by atoms with van der Waals surface area (Å²) >= 11 is 0. The third-order valence-electron chi connectivity index (χ3n) is 5.56. The molecule has 1 heterocycles. The van der Waals surface area contributed by atoms with Gasteiger partial charge >= 0.3 is 0 Å². The molecule has 2 N–H and O–H groups in total. The van der Waals surface area contributed by atoms with Crippen molar-refractivity contribution in [3.05, 3.63) is 12.7 Å². The van der Waals surface area contributed by atoms with E-state index in [0.29, 0.717) is 6.04 Å². The van der Waals surface area contributed by atoms with Gasteiger partial charge in [0.1, 0.15) is 0 Å². The van der Waals surface area contributed by atoms with Crippen molar-refractivity contribution in [2.45, 2.75) is 76.9 Å². The second kappa shape index (κ2) is 13.8. The summed E-state index contributed by atoms with van der Waals surface area (Å²) in [5.74, 6) is 0.958. The van der Waals surface area contributed by atoms with Gasteiger partial charge < -0.3 is 15.4 Å². The van der Waals surface area contributed by atoms with Crippen LogP contribution in [0.5, 0.6) is 0 Å². The Morgan fingerprint density at radius 3 is 2.52 bits per heavy atom. The van der Waals surface area contributed by atoms with Gasteiger partial charge in [0.25, 0.3) is 0 Å². The van der Waals surface area contributed by atoms with Crippen LogP contribution in [0.25, 0.3) is 0 Å². The molecule has 1 aliphatic heterocycles. The zero-order valence-electron chi connectivity index (χ0n) is 17.5. The lowest BCUT2D eigenvalue weighted by Gasteiger charge is -2.36. The molecule has 1 aliphatic carbocycles. The van der Waals surface area contributed by atoms with Gasteiger partial charge in [0, 0.05) is 38.8 Å². The Morgan fingerprint density at radius 1 is 1.22 bits per heavy atom. The molecule has 0 bridgehead atoms. The van der Waals surface area contributed by atoms with Crippen molar-refractivity contribution in [2.75, 3.05) is 39.3 Å². The molecule has 0 aromatic heterocycles. The van der Waals surface area contributed by atoms with Gasteiger partial charge in [-0.3, -0.25) is 9.89 Å². The smallest absolute Gasteiger partial charge is 0.191 e. The fourth-order valence-electron chi connectivity index (χ4n) is 4.04. The lowest BCUT2D eigenvalue weighted by atomic mass is 9.84. The van der Waals surface area contributed by atoms with Crippen LogP contribution >= 0.6 is 24.0 Å². The Morgan fingerprint density at radius 2 is 1.93 bits per heavy atom. The first-order valence-corrected chi connectivity index (χ1v) is 10.7. The predicted octanol–water partition coefficient (Wildman–Crippen LogP) is 3.94. The molecule has 0 radical (unpaired) electrons. The largest absolute Gasteiger partial charge is 0.373 e. The normalized spacial score (nSPS) is 21.3. The van der Waals surface area contributed by atoms with E-state index < -0.39 is 0 Å². The molecule has 2 aliphatic rings. The maximum Gasteiger partial charge on any atom is 0.191 e. The van der Waals surface area contributed by atoms with Gasteiger partial charge in [-0.05, 0) is 39.0 Å². The zero-order valence-corrected chi connectivity index (χ0v) is 19.8. The molecular formula is C21H41IN4O. The Bertz CT molecular complexity index is 430. The summed E-state index contributed by atoms with van der Waals surface area (Å²) in [4.78, 5) is 7.41. The summed E-state index contributed by atoms with van der Waals surface area (Å²) < 4.78 is 6.30. The van der Waals surface area contributed by atoms with Gasteiger partial charge in [-0.1, -0.05) is 32.3 Å². The van der Waals surface area contributed by atoms with Crippen molar-refractivity contribution in [3.8, 4) is 0 Å². The Balaban J connectivity index is 0.00000364. The van der Waals surface area contributed by atoms with E-state index in [0.717, 1.165) is 77.4 Å². The monoisotopic (exact) mass is 492 g/mol. The summed E-state index contributed by atoms with van der Waals surface area (Å²) in [5, 5.41) is 7.10. The van der Waals surface area contributed by atoms with Gasteiger partial charge in [0.2, 0.25) is 0 Å². The summed E-state index contributed by atoms with van der Waals surface area (Å²) in [5.41, 5.74) is -0.0378. The summed E-state index contributed by atoms with van der Waals surface area (Å²) in [6.45, 7) is 13.9. The molecule has 0 unspecified atom stereocenters. The highest BCUT2D eigenvalue weighted by molar-refractivity contribution is 14.0. The van der Waals surface area contributed by atoms with Crippen LogP contribution in [-0.4, -0.2) is 61.8 Å². The molecule has 0 spiro atoms. The highest BCUT2D eigenvalue weighted by Crippen LogP contribution is 2.32. The lowest BCUT2D eigenvalue weighted by molar-refractivity contribution is -0.0624. The average Bonchev–Trinajstić information content (AvgIpc) is 2.67. The zero-order chi connectivity index (χ0) is 18.7. The Hall–Kier alpha value is -0.340. The van der Waals surface area contributed by atoms with Crippen LogP contribution in [0.2, 0.25) is 0 Å². The molecule has 1 saturated heterocycles. The number of nitrogens with zero attached hydrogens (tertiary/aromatic N) is 2. The minimum atomic E-state index is -0.0378. The van der Waals surface area contributed by atoms with E-state index in [-0.39, 0.29) is 29.6 Å². The average molecular weight is 492 g/mol. The van der Waals surface area contributed by atoms with Crippen LogP contribution < -0.4 is 10.6 Å². The van der Waals surface area contributed by atoms with E-state index in [4.69, 9.17) is 9.73 Å². The van der Waals surface area contributed by atoms with E-state index in [2.05, 4.69) is 36.0 Å². The van der Waals surface area contributed by atoms with Crippen LogP contribution in [0.15, 0.2) is 17.6 Å². The first-order valence-electron chi connectivity index (χ1n) is 10.7. The van der Waals surface area contributed by atoms with Crippen LogP contribution in [0.1, 0.15) is 65.2 Å². The molecule has 158 valence electrons. The molecule has 0 aromatic carbocycles. The van der Waals surface area contributed by atoms with E-state index in [1.54, 1.807) is 0 Å².